The number of aliphatic hydroxyl groups is 1. The van der Waals surface area contributed by atoms with Crippen LogP contribution in [-0.2, 0) is 6.42 Å². The fraction of sp³-hybridized carbons (Fsp3) is 0.556. The lowest BCUT2D eigenvalue weighted by Crippen LogP contribution is -2.48. The first kappa shape index (κ1) is 19.9. The minimum absolute atomic E-state index is 0.306. The minimum Gasteiger partial charge on any atom is -0.465 e. The number of hydrogen-bond acceptors (Lipinski definition) is 4. The molecule has 1 rings (SSSR count). The largest absolute Gasteiger partial charge is 0.465 e. The van der Waals surface area contributed by atoms with Gasteiger partial charge in [0.2, 0.25) is 0 Å². The van der Waals surface area contributed by atoms with Crippen molar-refractivity contribution in [3.8, 4) is 6.07 Å². The summed E-state index contributed by atoms with van der Waals surface area (Å²) in [5.74, 6) is 0.386. The molecule has 0 saturated heterocycles. The highest BCUT2D eigenvalue weighted by Crippen LogP contribution is 2.10. The van der Waals surface area contributed by atoms with E-state index in [2.05, 4.69) is 23.6 Å². The molecule has 132 valence electrons. The number of benzene rings is 1. The number of nitriles is 1. The van der Waals surface area contributed by atoms with E-state index in [0.29, 0.717) is 31.8 Å². The highest BCUT2D eigenvalue weighted by molar-refractivity contribution is 5.65. The Bertz CT molecular complexity index is 516. The maximum atomic E-state index is 11.0. The highest BCUT2D eigenvalue weighted by Gasteiger charge is 2.21. The maximum absolute atomic E-state index is 11.0. The van der Waals surface area contributed by atoms with Crippen molar-refractivity contribution in [1.82, 2.24) is 10.6 Å². The Morgan fingerprint density at radius 1 is 1.29 bits per heavy atom. The van der Waals surface area contributed by atoms with Crippen LogP contribution in [0.15, 0.2) is 30.3 Å². The molecular weight excluding hydrogens is 306 g/mol. The molecule has 1 amide bonds. The van der Waals surface area contributed by atoms with Gasteiger partial charge in [0.25, 0.3) is 0 Å². The summed E-state index contributed by atoms with van der Waals surface area (Å²) in [4.78, 5) is 11.0. The van der Waals surface area contributed by atoms with E-state index in [4.69, 9.17) is 10.4 Å². The smallest absolute Gasteiger partial charge is 0.404 e. The van der Waals surface area contributed by atoms with E-state index in [-0.39, 0.29) is 0 Å². The van der Waals surface area contributed by atoms with Gasteiger partial charge in [0.1, 0.15) is 0 Å². The molecule has 0 radical (unpaired) electrons. The Morgan fingerprint density at radius 3 is 2.58 bits per heavy atom. The normalized spacial score (nSPS) is 14.4. The molecule has 0 saturated carbocycles. The first-order chi connectivity index (χ1) is 11.6. The van der Waals surface area contributed by atoms with Crippen LogP contribution >= 0.6 is 0 Å². The summed E-state index contributed by atoms with van der Waals surface area (Å²) in [5.41, 5.74) is 0.968. The zero-order valence-electron chi connectivity index (χ0n) is 14.1. The van der Waals surface area contributed by atoms with Crippen LogP contribution in [0.2, 0.25) is 0 Å². The fourth-order valence-electron chi connectivity index (χ4n) is 2.61. The number of nitrogens with zero attached hydrogens (tertiary/aromatic N) is 1. The molecule has 24 heavy (non-hydrogen) atoms. The molecule has 1 aromatic rings. The summed E-state index contributed by atoms with van der Waals surface area (Å²) >= 11 is 0. The van der Waals surface area contributed by atoms with Gasteiger partial charge >= 0.3 is 6.09 Å². The van der Waals surface area contributed by atoms with Gasteiger partial charge in [0.15, 0.2) is 0 Å². The zero-order chi connectivity index (χ0) is 17.8. The van der Waals surface area contributed by atoms with Gasteiger partial charge in [0.05, 0.1) is 18.2 Å². The van der Waals surface area contributed by atoms with Crippen LogP contribution in [0.25, 0.3) is 0 Å². The van der Waals surface area contributed by atoms with Gasteiger partial charge in [0, 0.05) is 13.0 Å². The predicted molar refractivity (Wildman–Crippen MR) is 92.6 cm³/mol. The molecular formula is C18H27N3O3. The first-order valence-electron chi connectivity index (χ1n) is 8.35. The van der Waals surface area contributed by atoms with Crippen molar-refractivity contribution in [1.29, 1.82) is 5.26 Å². The molecule has 0 bridgehead atoms. The number of carboxylic acid groups (broad SMARTS) is 1. The third-order valence-electron chi connectivity index (χ3n) is 4.10. The van der Waals surface area contributed by atoms with Crippen molar-refractivity contribution in [3.63, 3.8) is 0 Å². The average molecular weight is 333 g/mol. The van der Waals surface area contributed by atoms with E-state index in [0.717, 1.165) is 18.4 Å². The molecule has 0 aromatic heterocycles. The van der Waals surface area contributed by atoms with Crippen molar-refractivity contribution < 1.29 is 15.0 Å². The van der Waals surface area contributed by atoms with Gasteiger partial charge < -0.3 is 20.8 Å². The van der Waals surface area contributed by atoms with E-state index in [1.165, 1.54) is 0 Å². The average Bonchev–Trinajstić information content (AvgIpc) is 2.57. The summed E-state index contributed by atoms with van der Waals surface area (Å²) < 4.78 is 0. The molecule has 0 aliphatic carbocycles. The van der Waals surface area contributed by atoms with Crippen LogP contribution in [0.4, 0.5) is 4.79 Å². The third kappa shape index (κ3) is 7.95. The van der Waals surface area contributed by atoms with Crippen molar-refractivity contribution in [2.24, 2.45) is 5.92 Å². The molecule has 6 nitrogen and oxygen atoms in total. The molecule has 4 N–H and O–H groups in total. The quantitative estimate of drug-likeness (QED) is 0.496. The number of carbonyl (C=O) groups is 1. The second kappa shape index (κ2) is 11.4. The molecule has 0 spiro atoms. The van der Waals surface area contributed by atoms with Crippen LogP contribution in [0, 0.1) is 17.2 Å². The Hall–Kier alpha value is -2.10. The number of hydrogen-bond donors (Lipinski definition) is 4. The lowest BCUT2D eigenvalue weighted by molar-refractivity contribution is 0.116. The Kier molecular flexibility index (Phi) is 9.51. The van der Waals surface area contributed by atoms with E-state index < -0.39 is 18.2 Å². The minimum atomic E-state index is -1.14. The SMILES string of the molecule is CC[C@@H](CCC#N)CNC[C@H](O)[C@H](Cc1ccccc1)NC(=O)O. The summed E-state index contributed by atoms with van der Waals surface area (Å²) in [6, 6.07) is 11.1. The van der Waals surface area contributed by atoms with E-state index >= 15 is 0 Å². The van der Waals surface area contributed by atoms with Gasteiger partial charge in [-0.25, -0.2) is 4.79 Å². The predicted octanol–water partition coefficient (Wildman–Crippen LogP) is 2.15. The van der Waals surface area contributed by atoms with Crippen molar-refractivity contribution in [2.45, 2.75) is 44.8 Å². The second-order valence-electron chi connectivity index (χ2n) is 5.94. The summed E-state index contributed by atoms with van der Waals surface area (Å²) in [6.45, 7) is 3.09. The topological polar surface area (TPSA) is 105 Å². The maximum Gasteiger partial charge on any atom is 0.404 e. The van der Waals surface area contributed by atoms with Crippen LogP contribution in [0.1, 0.15) is 31.7 Å². The van der Waals surface area contributed by atoms with Gasteiger partial charge in [-0.05, 0) is 30.9 Å². The lowest BCUT2D eigenvalue weighted by atomic mass is 9.99. The van der Waals surface area contributed by atoms with Crippen LogP contribution in [-0.4, -0.2) is 41.5 Å². The van der Waals surface area contributed by atoms with Gasteiger partial charge in [-0.1, -0.05) is 43.7 Å². The van der Waals surface area contributed by atoms with Crippen LogP contribution in [0.3, 0.4) is 0 Å². The van der Waals surface area contributed by atoms with Crippen molar-refractivity contribution in [2.75, 3.05) is 13.1 Å². The second-order valence-corrected chi connectivity index (χ2v) is 5.94. The lowest BCUT2D eigenvalue weighted by Gasteiger charge is -2.24. The molecule has 0 unspecified atom stereocenters. The van der Waals surface area contributed by atoms with Crippen molar-refractivity contribution in [3.05, 3.63) is 35.9 Å². The Labute approximate surface area is 143 Å². The molecule has 0 aliphatic rings. The van der Waals surface area contributed by atoms with Crippen molar-refractivity contribution >= 4 is 6.09 Å². The monoisotopic (exact) mass is 333 g/mol. The van der Waals surface area contributed by atoms with Gasteiger partial charge in [-0.15, -0.1) is 0 Å². The zero-order valence-corrected chi connectivity index (χ0v) is 14.1. The molecule has 0 heterocycles. The fourth-order valence-corrected chi connectivity index (χ4v) is 2.61. The Balaban J connectivity index is 2.50. The molecule has 1 aromatic carbocycles. The number of aliphatic hydroxyl groups excluding tert-OH is 1. The summed E-state index contributed by atoms with van der Waals surface area (Å²) in [7, 11) is 0. The molecule has 0 fully saturated rings. The van der Waals surface area contributed by atoms with Crippen LogP contribution in [0.5, 0.6) is 0 Å². The van der Waals surface area contributed by atoms with Gasteiger partial charge in [-0.3, -0.25) is 0 Å². The molecule has 3 atom stereocenters. The highest BCUT2D eigenvalue weighted by atomic mass is 16.4. The standard InChI is InChI=1S/C18H27N3O3/c1-2-14(9-6-10-19)12-20-13-17(22)16(21-18(23)24)11-15-7-4-3-5-8-15/h3-5,7-8,14,16-17,20-22H,2,6,9,11-13H2,1H3,(H,23,24)/t14-,16-,17-/m0/s1. The van der Waals surface area contributed by atoms with E-state index in [9.17, 15) is 9.90 Å². The van der Waals surface area contributed by atoms with E-state index in [1.54, 1.807) is 0 Å². The van der Waals surface area contributed by atoms with E-state index in [1.807, 2.05) is 30.3 Å². The van der Waals surface area contributed by atoms with Gasteiger partial charge in [-0.2, -0.15) is 5.26 Å². The summed E-state index contributed by atoms with van der Waals surface area (Å²) in [6.07, 6.45) is 0.787. The number of nitrogens with one attached hydrogen (secondary N) is 2. The Morgan fingerprint density at radius 2 is 2.00 bits per heavy atom. The number of amides is 1. The molecule has 0 aliphatic heterocycles. The first-order valence-corrected chi connectivity index (χ1v) is 8.35. The molecule has 6 heteroatoms. The number of rotatable bonds is 11. The summed E-state index contributed by atoms with van der Waals surface area (Å²) in [5, 5.41) is 33.6. The third-order valence-corrected chi connectivity index (χ3v) is 4.10. The van der Waals surface area contributed by atoms with Crippen LogP contribution < -0.4 is 10.6 Å².